The predicted octanol–water partition coefficient (Wildman–Crippen LogP) is 3.17. The Labute approximate surface area is 129 Å². The maximum Gasteiger partial charge on any atom is 0.227 e. The Bertz CT molecular complexity index is 760. The Hall–Kier alpha value is -2.67. The summed E-state index contributed by atoms with van der Waals surface area (Å²) < 4.78 is 0. The van der Waals surface area contributed by atoms with Crippen molar-refractivity contribution in [3.8, 4) is 6.07 Å². The lowest BCUT2D eigenvalue weighted by Gasteiger charge is -2.34. The predicted molar refractivity (Wildman–Crippen MR) is 85.1 cm³/mol. The lowest BCUT2D eigenvalue weighted by molar-refractivity contribution is 0.640. The average Bonchev–Trinajstić information content (AvgIpc) is 2.85. The number of rotatable bonds is 2. The molecule has 4 nitrogen and oxygen atoms in total. The van der Waals surface area contributed by atoms with Crippen molar-refractivity contribution in [2.45, 2.75) is 31.3 Å². The van der Waals surface area contributed by atoms with Crippen molar-refractivity contribution >= 4 is 11.5 Å². The number of nitriles is 1. The van der Waals surface area contributed by atoms with E-state index >= 15 is 0 Å². The normalized spacial score (nSPS) is 23.0. The number of benzene rings is 1. The van der Waals surface area contributed by atoms with Gasteiger partial charge in [-0.25, -0.2) is 9.97 Å². The minimum Gasteiger partial charge on any atom is -0.331 e. The smallest absolute Gasteiger partial charge is 0.227 e. The molecular formula is C18H16N4. The zero-order chi connectivity index (χ0) is 14.9. The van der Waals surface area contributed by atoms with Crippen LogP contribution in [-0.4, -0.2) is 22.1 Å². The van der Waals surface area contributed by atoms with Gasteiger partial charge >= 0.3 is 0 Å². The molecule has 0 unspecified atom stereocenters. The third-order valence-electron chi connectivity index (χ3n) is 4.53. The van der Waals surface area contributed by atoms with Crippen molar-refractivity contribution in [2.24, 2.45) is 0 Å². The number of aromatic nitrogens is 2. The Balaban J connectivity index is 1.68. The maximum atomic E-state index is 9.03. The summed E-state index contributed by atoms with van der Waals surface area (Å²) in [5.74, 6) is 0.690. The van der Waals surface area contributed by atoms with Gasteiger partial charge in [0, 0.05) is 12.2 Å². The molecule has 3 heterocycles. The third-order valence-corrected chi connectivity index (χ3v) is 4.53. The molecule has 0 amide bonds. The largest absolute Gasteiger partial charge is 0.331 e. The second-order valence-electron chi connectivity index (χ2n) is 5.82. The van der Waals surface area contributed by atoms with Crippen LogP contribution in [0.3, 0.4) is 0 Å². The van der Waals surface area contributed by atoms with Gasteiger partial charge in [0.2, 0.25) is 5.95 Å². The monoisotopic (exact) mass is 288 g/mol. The Morgan fingerprint density at radius 3 is 2.77 bits per heavy atom. The zero-order valence-electron chi connectivity index (χ0n) is 12.2. The molecule has 1 aromatic carbocycles. The first kappa shape index (κ1) is 13.0. The Morgan fingerprint density at radius 1 is 1.14 bits per heavy atom. The molecule has 2 atom stereocenters. The molecule has 2 aliphatic rings. The average molecular weight is 288 g/mol. The summed E-state index contributed by atoms with van der Waals surface area (Å²) >= 11 is 0. The first-order valence-electron chi connectivity index (χ1n) is 7.63. The van der Waals surface area contributed by atoms with Crippen LogP contribution in [0.4, 0.5) is 5.95 Å². The molecular weight excluding hydrogens is 272 g/mol. The fraction of sp³-hybridized carbons (Fsp3) is 0.278. The molecule has 2 aromatic rings. The molecule has 0 saturated carbocycles. The van der Waals surface area contributed by atoms with E-state index in [1.165, 1.54) is 11.1 Å². The van der Waals surface area contributed by atoms with Gasteiger partial charge in [0.05, 0.1) is 6.04 Å². The molecule has 1 aromatic heterocycles. The molecule has 2 aliphatic heterocycles. The number of nitrogens with zero attached hydrogens (tertiary/aromatic N) is 4. The number of fused-ring (bicyclic) bond motifs is 2. The quantitative estimate of drug-likeness (QED) is 0.851. The highest BCUT2D eigenvalue weighted by Gasteiger charge is 2.38. The van der Waals surface area contributed by atoms with Crippen LogP contribution in [0.15, 0.2) is 48.7 Å². The minimum atomic E-state index is 0.336. The second-order valence-corrected chi connectivity index (χ2v) is 5.82. The topological polar surface area (TPSA) is 52.8 Å². The summed E-state index contributed by atoms with van der Waals surface area (Å²) in [4.78, 5) is 11.0. The van der Waals surface area contributed by atoms with Crippen molar-refractivity contribution in [3.63, 3.8) is 0 Å². The van der Waals surface area contributed by atoms with E-state index in [4.69, 9.17) is 5.26 Å². The van der Waals surface area contributed by atoms with Crippen LogP contribution in [0.5, 0.6) is 0 Å². The second kappa shape index (κ2) is 5.27. The van der Waals surface area contributed by atoms with Crippen molar-refractivity contribution < 1.29 is 0 Å². The number of anilines is 1. The highest BCUT2D eigenvalue weighted by molar-refractivity contribution is 5.70. The van der Waals surface area contributed by atoms with Crippen LogP contribution in [0.25, 0.3) is 5.57 Å². The lowest BCUT2D eigenvalue weighted by atomic mass is 9.95. The summed E-state index contributed by atoms with van der Waals surface area (Å²) in [7, 11) is 0. The van der Waals surface area contributed by atoms with Gasteiger partial charge in [-0.1, -0.05) is 36.4 Å². The first-order chi connectivity index (χ1) is 10.8. The number of hydrogen-bond acceptors (Lipinski definition) is 4. The molecule has 0 aliphatic carbocycles. The Morgan fingerprint density at radius 2 is 2.00 bits per heavy atom. The van der Waals surface area contributed by atoms with Crippen molar-refractivity contribution in [1.82, 2.24) is 9.97 Å². The SMILES string of the molecule is N#Cc1ccnc(N2[C@@H]3CC[C@@H]2C=C(c2ccccc2)C3)n1. The summed E-state index contributed by atoms with van der Waals surface area (Å²) in [6.45, 7) is 0. The molecule has 4 rings (SSSR count). The van der Waals surface area contributed by atoms with Gasteiger partial charge in [-0.2, -0.15) is 5.26 Å². The van der Waals surface area contributed by atoms with Crippen LogP contribution in [0.1, 0.15) is 30.5 Å². The van der Waals surface area contributed by atoms with Crippen molar-refractivity contribution in [2.75, 3.05) is 4.90 Å². The van der Waals surface area contributed by atoms with E-state index in [1.807, 2.05) is 0 Å². The number of hydrogen-bond donors (Lipinski definition) is 0. The minimum absolute atomic E-state index is 0.336. The van der Waals surface area contributed by atoms with Gasteiger partial charge in [-0.05, 0) is 36.5 Å². The van der Waals surface area contributed by atoms with Crippen LogP contribution < -0.4 is 4.90 Å². The van der Waals surface area contributed by atoms with E-state index < -0.39 is 0 Å². The zero-order valence-corrected chi connectivity index (χ0v) is 12.2. The van der Waals surface area contributed by atoms with Gasteiger partial charge in [0.25, 0.3) is 0 Å². The van der Waals surface area contributed by atoms with E-state index in [1.54, 1.807) is 12.3 Å². The summed E-state index contributed by atoms with van der Waals surface area (Å²) in [5, 5.41) is 9.03. The van der Waals surface area contributed by atoms with E-state index in [-0.39, 0.29) is 0 Å². The highest BCUT2D eigenvalue weighted by Crippen LogP contribution is 2.40. The van der Waals surface area contributed by atoms with Crippen molar-refractivity contribution in [3.05, 3.63) is 59.9 Å². The molecule has 22 heavy (non-hydrogen) atoms. The van der Waals surface area contributed by atoms with Crippen LogP contribution >= 0.6 is 0 Å². The maximum absolute atomic E-state index is 9.03. The molecule has 4 heteroatoms. The van der Waals surface area contributed by atoms with Gasteiger partial charge in [0.1, 0.15) is 11.8 Å². The third kappa shape index (κ3) is 2.15. The van der Waals surface area contributed by atoms with Gasteiger partial charge < -0.3 is 4.90 Å². The van der Waals surface area contributed by atoms with Crippen LogP contribution in [0, 0.1) is 11.3 Å². The molecule has 1 saturated heterocycles. The molecule has 0 radical (unpaired) electrons. The molecule has 0 spiro atoms. The Kier molecular flexibility index (Phi) is 3.12. The molecule has 2 bridgehead atoms. The van der Waals surface area contributed by atoms with Gasteiger partial charge in [-0.3, -0.25) is 0 Å². The van der Waals surface area contributed by atoms with E-state index in [0.717, 1.165) is 19.3 Å². The van der Waals surface area contributed by atoms with E-state index in [2.05, 4.69) is 57.3 Å². The summed E-state index contributed by atoms with van der Waals surface area (Å²) in [6.07, 6.45) is 7.32. The molecule has 0 N–H and O–H groups in total. The molecule has 108 valence electrons. The van der Waals surface area contributed by atoms with Gasteiger partial charge in [-0.15, -0.1) is 0 Å². The standard InChI is InChI=1S/C18H16N4/c19-12-15-8-9-20-18(21-15)22-16-6-7-17(22)11-14(10-16)13-4-2-1-3-5-13/h1-5,8-10,16-17H,6-7,11H2/t16-,17-/m1/s1. The fourth-order valence-electron chi connectivity index (χ4n) is 3.54. The van der Waals surface area contributed by atoms with Crippen LogP contribution in [-0.2, 0) is 0 Å². The van der Waals surface area contributed by atoms with Crippen LogP contribution in [0.2, 0.25) is 0 Å². The lowest BCUT2D eigenvalue weighted by Crippen LogP contribution is -2.39. The van der Waals surface area contributed by atoms with Crippen molar-refractivity contribution in [1.29, 1.82) is 5.26 Å². The summed E-state index contributed by atoms with van der Waals surface area (Å²) in [5.41, 5.74) is 3.16. The first-order valence-corrected chi connectivity index (χ1v) is 7.63. The molecule has 1 fully saturated rings. The van der Waals surface area contributed by atoms with Gasteiger partial charge in [0.15, 0.2) is 0 Å². The fourth-order valence-corrected chi connectivity index (χ4v) is 3.54. The summed E-state index contributed by atoms with van der Waals surface area (Å²) in [6, 6.07) is 15.1. The highest BCUT2D eigenvalue weighted by atomic mass is 15.3. The van der Waals surface area contributed by atoms with E-state index in [0.29, 0.717) is 23.7 Å². The van der Waals surface area contributed by atoms with E-state index in [9.17, 15) is 0 Å².